The summed E-state index contributed by atoms with van der Waals surface area (Å²) in [6, 6.07) is 25.7. The summed E-state index contributed by atoms with van der Waals surface area (Å²) in [6.07, 6.45) is 5.48. The Morgan fingerprint density at radius 1 is 0.935 bits per heavy atom. The van der Waals surface area contributed by atoms with Gasteiger partial charge in [0.2, 0.25) is 0 Å². The summed E-state index contributed by atoms with van der Waals surface area (Å²) in [4.78, 5) is 2.01. The van der Waals surface area contributed by atoms with Crippen LogP contribution in [-0.4, -0.2) is 28.4 Å². The zero-order chi connectivity index (χ0) is 21.8. The van der Waals surface area contributed by atoms with Crippen molar-refractivity contribution in [3.63, 3.8) is 0 Å². The van der Waals surface area contributed by atoms with E-state index >= 15 is 0 Å². The highest BCUT2D eigenvalue weighted by Crippen LogP contribution is 2.28. The number of anilines is 1. The molecule has 0 fully saturated rings. The van der Waals surface area contributed by atoms with E-state index in [1.807, 2.05) is 103 Å². The number of para-hydroxylation sites is 1. The highest BCUT2D eigenvalue weighted by molar-refractivity contribution is 5.91. The Labute approximate surface area is 181 Å². The van der Waals surface area contributed by atoms with E-state index in [1.54, 1.807) is 10.8 Å². The first-order valence-corrected chi connectivity index (χ1v) is 9.74. The maximum atomic E-state index is 10.0. The van der Waals surface area contributed by atoms with Crippen LogP contribution in [0, 0.1) is 22.7 Å². The van der Waals surface area contributed by atoms with Gasteiger partial charge in [-0.1, -0.05) is 30.3 Å². The lowest BCUT2D eigenvalue weighted by Crippen LogP contribution is -2.07. The average molecular weight is 404 g/mol. The molecule has 0 saturated carbocycles. The van der Waals surface area contributed by atoms with Gasteiger partial charge in [-0.15, -0.1) is 0 Å². The summed E-state index contributed by atoms with van der Waals surface area (Å²) in [5, 5.41) is 24.6. The number of hydrogen-bond donors (Lipinski definition) is 0. The van der Waals surface area contributed by atoms with E-state index in [9.17, 15) is 10.5 Å². The molecule has 6 heteroatoms. The predicted octanol–water partition coefficient (Wildman–Crippen LogP) is 4.66. The molecule has 0 unspecified atom stereocenters. The quantitative estimate of drug-likeness (QED) is 0.453. The van der Waals surface area contributed by atoms with Gasteiger partial charge in [-0.05, 0) is 48.0 Å². The summed E-state index contributed by atoms with van der Waals surface area (Å²) in [5.74, 6) is 0.595. The molecule has 0 radical (unpaired) electrons. The molecule has 0 aliphatic rings. The Bertz CT molecular complexity index is 1300. The fourth-order valence-electron chi connectivity index (χ4n) is 3.35. The normalized spacial score (nSPS) is 11.0. The van der Waals surface area contributed by atoms with Crippen molar-refractivity contribution in [2.24, 2.45) is 0 Å². The Balaban J connectivity index is 1.90. The molecule has 6 nitrogen and oxygen atoms in total. The molecular weight excluding hydrogens is 384 g/mol. The lowest BCUT2D eigenvalue weighted by Gasteiger charge is -2.11. The molecule has 0 amide bonds. The van der Waals surface area contributed by atoms with Crippen molar-refractivity contribution in [2.45, 2.75) is 0 Å². The number of benzene rings is 2. The van der Waals surface area contributed by atoms with E-state index in [0.29, 0.717) is 22.6 Å². The van der Waals surface area contributed by atoms with Gasteiger partial charge in [0.1, 0.15) is 23.4 Å². The molecule has 0 saturated heterocycles. The summed E-state index contributed by atoms with van der Waals surface area (Å²) in [5.41, 5.74) is 3.77. The largest absolute Gasteiger partial charge is 0.378 e. The fourth-order valence-corrected chi connectivity index (χ4v) is 3.35. The number of aromatic nitrogens is 3. The van der Waals surface area contributed by atoms with Crippen molar-refractivity contribution in [2.75, 3.05) is 19.0 Å². The summed E-state index contributed by atoms with van der Waals surface area (Å²) < 4.78 is 3.54. The molecule has 150 valence electrons. The van der Waals surface area contributed by atoms with Crippen LogP contribution < -0.4 is 4.90 Å². The highest BCUT2D eigenvalue weighted by atomic mass is 15.3. The van der Waals surface area contributed by atoms with Crippen LogP contribution in [0.25, 0.3) is 23.2 Å². The number of nitriles is 2. The summed E-state index contributed by atoms with van der Waals surface area (Å²) in [6.45, 7) is 0. The van der Waals surface area contributed by atoms with E-state index < -0.39 is 0 Å². The zero-order valence-electron chi connectivity index (χ0n) is 17.3. The topological polar surface area (TPSA) is 73.6 Å². The Hall–Kier alpha value is -4.55. The molecule has 4 rings (SSSR count). The van der Waals surface area contributed by atoms with Crippen LogP contribution in [0.1, 0.15) is 16.8 Å². The smallest absolute Gasteiger partial charge is 0.159 e. The van der Waals surface area contributed by atoms with E-state index in [1.165, 1.54) is 0 Å². The minimum absolute atomic E-state index is 0.331. The predicted molar refractivity (Wildman–Crippen MR) is 122 cm³/mol. The standard InChI is InChI=1S/C25H20N6/c1-29(2)21-12-10-19(11-13-21)16-20(17-26)24-23(18-27)25(30-14-6-7-15-30)31(28-24)22-8-4-3-5-9-22/h3-16H,1-2H3/b20-16+. The van der Waals surface area contributed by atoms with E-state index in [-0.39, 0.29) is 0 Å². The molecule has 0 aliphatic heterocycles. The molecule has 4 aromatic rings. The second-order valence-corrected chi connectivity index (χ2v) is 7.15. The van der Waals surface area contributed by atoms with Gasteiger partial charge in [0.05, 0.1) is 11.3 Å². The van der Waals surface area contributed by atoms with Gasteiger partial charge >= 0.3 is 0 Å². The Kier molecular flexibility index (Phi) is 5.38. The van der Waals surface area contributed by atoms with Crippen molar-refractivity contribution in [1.82, 2.24) is 14.3 Å². The monoisotopic (exact) mass is 404 g/mol. The van der Waals surface area contributed by atoms with Crippen molar-refractivity contribution in [3.05, 3.63) is 95.9 Å². The maximum absolute atomic E-state index is 10.0. The van der Waals surface area contributed by atoms with E-state index in [0.717, 1.165) is 16.9 Å². The second-order valence-electron chi connectivity index (χ2n) is 7.15. The number of allylic oxidation sites excluding steroid dienone is 1. The second kappa shape index (κ2) is 8.44. The third kappa shape index (κ3) is 3.83. The van der Waals surface area contributed by atoms with Crippen LogP contribution in [0.2, 0.25) is 0 Å². The molecular formula is C25H20N6. The van der Waals surface area contributed by atoms with Gasteiger partial charge in [0, 0.05) is 32.2 Å². The Morgan fingerprint density at radius 3 is 2.19 bits per heavy atom. The van der Waals surface area contributed by atoms with Crippen LogP contribution in [0.4, 0.5) is 5.69 Å². The lowest BCUT2D eigenvalue weighted by molar-refractivity contribution is 0.820. The number of hydrogen-bond acceptors (Lipinski definition) is 4. The van der Waals surface area contributed by atoms with E-state index in [2.05, 4.69) is 12.1 Å². The van der Waals surface area contributed by atoms with Gasteiger partial charge in [-0.2, -0.15) is 15.6 Å². The van der Waals surface area contributed by atoms with Crippen LogP contribution in [0.15, 0.2) is 79.1 Å². The molecule has 0 bridgehead atoms. The fraction of sp³-hybridized carbons (Fsp3) is 0.0800. The Morgan fingerprint density at radius 2 is 1.61 bits per heavy atom. The zero-order valence-corrected chi connectivity index (χ0v) is 17.3. The third-order valence-electron chi connectivity index (χ3n) is 4.92. The third-order valence-corrected chi connectivity index (χ3v) is 4.92. The van der Waals surface area contributed by atoms with Crippen LogP contribution in [0.3, 0.4) is 0 Å². The van der Waals surface area contributed by atoms with Gasteiger partial charge in [0.25, 0.3) is 0 Å². The molecule has 2 aromatic heterocycles. The SMILES string of the molecule is CN(C)c1ccc(/C=C(\C#N)c2nn(-c3ccccc3)c(-n3cccc3)c2C#N)cc1. The molecule has 31 heavy (non-hydrogen) atoms. The summed E-state index contributed by atoms with van der Waals surface area (Å²) in [7, 11) is 3.95. The van der Waals surface area contributed by atoms with E-state index in [4.69, 9.17) is 5.10 Å². The average Bonchev–Trinajstić information content (AvgIpc) is 3.46. The molecule has 2 heterocycles. The molecule has 0 aliphatic carbocycles. The number of rotatable bonds is 5. The van der Waals surface area contributed by atoms with Crippen molar-refractivity contribution < 1.29 is 0 Å². The summed E-state index contributed by atoms with van der Waals surface area (Å²) >= 11 is 0. The minimum Gasteiger partial charge on any atom is -0.378 e. The lowest BCUT2D eigenvalue weighted by atomic mass is 10.1. The van der Waals surface area contributed by atoms with Gasteiger partial charge < -0.3 is 9.47 Å². The first-order chi connectivity index (χ1) is 15.1. The first-order valence-electron chi connectivity index (χ1n) is 9.74. The first kappa shape index (κ1) is 19.8. The van der Waals surface area contributed by atoms with Crippen molar-refractivity contribution in [3.8, 4) is 23.6 Å². The molecule has 0 N–H and O–H groups in total. The molecule has 2 aromatic carbocycles. The van der Waals surface area contributed by atoms with Gasteiger partial charge in [0.15, 0.2) is 5.82 Å². The van der Waals surface area contributed by atoms with Crippen LogP contribution in [0.5, 0.6) is 0 Å². The van der Waals surface area contributed by atoms with Crippen molar-refractivity contribution in [1.29, 1.82) is 10.5 Å². The van der Waals surface area contributed by atoms with Gasteiger partial charge in [-0.25, -0.2) is 4.68 Å². The van der Waals surface area contributed by atoms with Crippen LogP contribution in [-0.2, 0) is 0 Å². The molecule has 0 spiro atoms. The van der Waals surface area contributed by atoms with Crippen molar-refractivity contribution >= 4 is 17.3 Å². The van der Waals surface area contributed by atoms with Crippen LogP contribution >= 0.6 is 0 Å². The minimum atomic E-state index is 0.331. The van der Waals surface area contributed by atoms with Gasteiger partial charge in [-0.3, -0.25) is 0 Å². The molecule has 0 atom stereocenters. The number of nitrogens with zero attached hydrogens (tertiary/aromatic N) is 6. The highest BCUT2D eigenvalue weighted by Gasteiger charge is 2.22. The maximum Gasteiger partial charge on any atom is 0.159 e.